The first kappa shape index (κ1) is 57.3. The van der Waals surface area contributed by atoms with Gasteiger partial charge in [-0.15, -0.1) is 0 Å². The smallest absolute Gasteiger partial charge is 0.245 e. The zero-order valence-electron chi connectivity index (χ0n) is 38.8. The first-order valence-corrected chi connectivity index (χ1v) is 22.6. The Bertz CT molecular complexity index is 1800. The molecule has 24 nitrogen and oxygen atoms in total. The van der Waals surface area contributed by atoms with Crippen LogP contribution in [-0.2, 0) is 49.6 Å². The number of nitrogens with one attached hydrogen (secondary N) is 9. The number of benzene rings is 1. The number of carbonyl (C=O) groups excluding carboxylic acids is 9. The Labute approximate surface area is 390 Å². The van der Waals surface area contributed by atoms with Crippen molar-refractivity contribution in [3.63, 3.8) is 0 Å². The van der Waals surface area contributed by atoms with Crippen molar-refractivity contribution in [2.24, 2.45) is 28.9 Å². The molecule has 0 unspecified atom stereocenters. The van der Waals surface area contributed by atoms with E-state index in [1.807, 2.05) is 0 Å². The van der Waals surface area contributed by atoms with Crippen LogP contribution < -0.4 is 70.8 Å². The van der Waals surface area contributed by atoms with Crippen molar-refractivity contribution in [3.8, 4) is 0 Å². The zero-order chi connectivity index (χ0) is 50.2. The van der Waals surface area contributed by atoms with Crippen LogP contribution in [0, 0.1) is 5.92 Å². The van der Waals surface area contributed by atoms with Crippen molar-refractivity contribution in [3.05, 3.63) is 35.9 Å². The number of rotatable bonds is 18. The maximum atomic E-state index is 14.2. The van der Waals surface area contributed by atoms with Gasteiger partial charge in [0, 0.05) is 13.0 Å². The summed E-state index contributed by atoms with van der Waals surface area (Å²) in [6.45, 7) is 5.42. The van der Waals surface area contributed by atoms with E-state index in [9.17, 15) is 53.4 Å². The first-order chi connectivity index (χ1) is 31.7. The molecular formula is C43H73N13O11. The van der Waals surface area contributed by atoms with Crippen molar-refractivity contribution in [2.75, 3.05) is 32.7 Å². The summed E-state index contributed by atoms with van der Waals surface area (Å²) < 4.78 is 0. The van der Waals surface area contributed by atoms with Crippen molar-refractivity contribution >= 4 is 53.2 Å². The number of aliphatic hydroxyl groups excluding tert-OH is 2. The molecule has 0 bridgehead atoms. The molecule has 1 aliphatic heterocycles. The van der Waals surface area contributed by atoms with Crippen LogP contribution >= 0.6 is 0 Å². The summed E-state index contributed by atoms with van der Waals surface area (Å²) in [4.78, 5) is 124. The SMILES string of the molecule is CC(C)C[C@@H]1NC(=O)[C@@H](Cc2ccccc2)NC(=O)[C@H](CCN)NC(=O)[C@@H](NC(=O)[C@H](CCN)NC(=O)C[C@@H](C)O)CCNC(=O)[C@@H]([C@@H](C)O)NC(=O)[C@H](CCN)NC(=O)[C@H](CCN)NC1=O. The lowest BCUT2D eigenvalue weighted by atomic mass is 10.00. The van der Waals surface area contributed by atoms with E-state index in [2.05, 4.69) is 47.9 Å². The van der Waals surface area contributed by atoms with Gasteiger partial charge >= 0.3 is 0 Å². The predicted octanol–water partition coefficient (Wildman–Crippen LogP) is -5.78. The molecule has 0 aliphatic carbocycles. The van der Waals surface area contributed by atoms with Crippen molar-refractivity contribution < 1.29 is 53.4 Å². The zero-order valence-corrected chi connectivity index (χ0v) is 38.8. The van der Waals surface area contributed by atoms with Gasteiger partial charge in [0.05, 0.1) is 18.6 Å². The minimum absolute atomic E-state index is 0.0735. The molecule has 0 radical (unpaired) electrons. The van der Waals surface area contributed by atoms with Gasteiger partial charge in [0.1, 0.15) is 48.3 Å². The van der Waals surface area contributed by atoms with Gasteiger partial charge in [-0.05, 0) is 90.0 Å². The molecule has 2 rings (SSSR count). The summed E-state index contributed by atoms with van der Waals surface area (Å²) in [7, 11) is 0. The highest BCUT2D eigenvalue weighted by atomic mass is 16.3. The molecular weight excluding hydrogens is 875 g/mol. The topological polar surface area (TPSA) is 406 Å². The third-order valence-electron chi connectivity index (χ3n) is 10.5. The molecule has 1 saturated heterocycles. The summed E-state index contributed by atoms with van der Waals surface area (Å²) in [5.74, 6) is -7.77. The van der Waals surface area contributed by atoms with Gasteiger partial charge in [-0.3, -0.25) is 43.2 Å². The van der Waals surface area contributed by atoms with Crippen LogP contribution in [0.5, 0.6) is 0 Å². The van der Waals surface area contributed by atoms with Gasteiger partial charge < -0.3 is 81.0 Å². The average Bonchev–Trinajstić information content (AvgIpc) is 3.25. The van der Waals surface area contributed by atoms with Crippen LogP contribution in [0.2, 0.25) is 0 Å². The predicted molar refractivity (Wildman–Crippen MR) is 245 cm³/mol. The van der Waals surface area contributed by atoms with Crippen LogP contribution in [0.1, 0.15) is 78.2 Å². The van der Waals surface area contributed by atoms with Crippen molar-refractivity contribution in [2.45, 2.75) is 140 Å². The van der Waals surface area contributed by atoms with E-state index in [1.54, 1.807) is 44.2 Å². The molecule has 24 heteroatoms. The second-order valence-corrected chi connectivity index (χ2v) is 17.0. The summed E-state index contributed by atoms with van der Waals surface area (Å²) in [6, 6.07) is -2.47. The van der Waals surface area contributed by atoms with E-state index in [-0.39, 0.29) is 90.0 Å². The minimum atomic E-state index is -1.62. The molecule has 0 saturated carbocycles. The third kappa shape index (κ3) is 20.3. The molecule has 19 N–H and O–H groups in total. The summed E-state index contributed by atoms with van der Waals surface area (Å²) in [5, 5.41) is 43.4. The molecule has 1 aliphatic rings. The number of nitrogens with two attached hydrogens (primary N) is 4. The van der Waals surface area contributed by atoms with Gasteiger partial charge in [-0.25, -0.2) is 0 Å². The van der Waals surface area contributed by atoms with Crippen LogP contribution in [0.15, 0.2) is 30.3 Å². The van der Waals surface area contributed by atoms with Gasteiger partial charge in [0.15, 0.2) is 0 Å². The molecule has 0 spiro atoms. The van der Waals surface area contributed by atoms with E-state index in [0.717, 1.165) is 0 Å². The number of hydrogen-bond donors (Lipinski definition) is 15. The number of amides is 9. The Morgan fingerprint density at radius 1 is 0.642 bits per heavy atom. The summed E-state index contributed by atoms with van der Waals surface area (Å²) in [6.07, 6.45) is -3.72. The Balaban J connectivity index is 2.73. The van der Waals surface area contributed by atoms with Crippen LogP contribution in [0.25, 0.3) is 0 Å². The maximum Gasteiger partial charge on any atom is 0.245 e. The Kier molecular flexibility index (Phi) is 25.5. The van der Waals surface area contributed by atoms with E-state index >= 15 is 0 Å². The second kappa shape index (κ2) is 29.8. The van der Waals surface area contributed by atoms with E-state index in [0.29, 0.717) is 5.56 Å². The molecule has 376 valence electrons. The van der Waals surface area contributed by atoms with E-state index < -0.39 is 114 Å². The number of hydrogen-bond acceptors (Lipinski definition) is 15. The monoisotopic (exact) mass is 948 g/mol. The lowest BCUT2D eigenvalue weighted by molar-refractivity contribution is -0.136. The standard InChI is InChI=1S/C43H73N13O11/c1-23(2)20-32-41(65)52-28(11-16-45)37(61)51-30(13-18-47)40(64)56-35(25(4)58)43(67)48-19-14-31(53-36(60)27(10-15-44)49-34(59)21-24(3)57)39(63)50-29(12-17-46)38(62)55-33(42(66)54-32)22-26-8-6-5-7-9-26/h5-9,23-25,27-33,35,57-58H,10-22,44-47H2,1-4H3,(H,48,67)(H,49,59)(H,50,63)(H,51,61)(H,52,65)(H,53,60)(H,54,66)(H,55,62)(H,56,64)/t24-,25-,27+,28+,29+,30+,31+,32+,33-,35-/m1/s1. The minimum Gasteiger partial charge on any atom is -0.393 e. The van der Waals surface area contributed by atoms with E-state index in [1.165, 1.54) is 13.8 Å². The van der Waals surface area contributed by atoms with Crippen LogP contribution in [0.4, 0.5) is 0 Å². The highest BCUT2D eigenvalue weighted by Gasteiger charge is 2.36. The maximum absolute atomic E-state index is 14.2. The fraction of sp³-hybridized carbons (Fsp3) is 0.651. The largest absolute Gasteiger partial charge is 0.393 e. The first-order valence-electron chi connectivity index (χ1n) is 22.6. The fourth-order valence-corrected chi connectivity index (χ4v) is 7.04. The highest BCUT2D eigenvalue weighted by molar-refractivity contribution is 5.98. The van der Waals surface area contributed by atoms with Crippen molar-refractivity contribution in [1.29, 1.82) is 0 Å². The van der Waals surface area contributed by atoms with Gasteiger partial charge in [0.2, 0.25) is 53.2 Å². The van der Waals surface area contributed by atoms with Gasteiger partial charge in [-0.1, -0.05) is 44.2 Å². The quantitative estimate of drug-likeness (QED) is 0.0652. The summed E-state index contributed by atoms with van der Waals surface area (Å²) in [5.41, 5.74) is 23.8. The molecule has 1 aromatic rings. The average molecular weight is 948 g/mol. The van der Waals surface area contributed by atoms with Gasteiger partial charge in [-0.2, -0.15) is 0 Å². The molecule has 9 amide bonds. The van der Waals surface area contributed by atoms with Crippen molar-refractivity contribution in [1.82, 2.24) is 47.9 Å². The number of carbonyl (C=O) groups is 9. The Hall–Kier alpha value is -5.79. The van der Waals surface area contributed by atoms with Crippen LogP contribution in [0.3, 0.4) is 0 Å². The molecule has 1 heterocycles. The lowest BCUT2D eigenvalue weighted by Gasteiger charge is -2.28. The van der Waals surface area contributed by atoms with E-state index in [4.69, 9.17) is 22.9 Å². The molecule has 0 aromatic heterocycles. The highest BCUT2D eigenvalue weighted by Crippen LogP contribution is 2.11. The van der Waals surface area contributed by atoms with Gasteiger partial charge in [0.25, 0.3) is 0 Å². The Morgan fingerprint density at radius 2 is 1.12 bits per heavy atom. The fourth-order valence-electron chi connectivity index (χ4n) is 7.04. The van der Waals surface area contributed by atoms with Crippen LogP contribution in [-0.4, -0.2) is 157 Å². The normalized spacial score (nSPS) is 24.6. The molecule has 67 heavy (non-hydrogen) atoms. The molecule has 1 aromatic carbocycles. The summed E-state index contributed by atoms with van der Waals surface area (Å²) >= 11 is 0. The molecule has 1 fully saturated rings. The Morgan fingerprint density at radius 3 is 1.61 bits per heavy atom. The lowest BCUT2D eigenvalue weighted by Crippen LogP contribution is -2.61. The second-order valence-electron chi connectivity index (χ2n) is 17.0. The molecule has 10 atom stereocenters. The third-order valence-corrected chi connectivity index (χ3v) is 10.5. The number of aliphatic hydroxyl groups is 2.